The van der Waals surface area contributed by atoms with Crippen molar-refractivity contribution in [2.24, 2.45) is 5.92 Å². The molecule has 1 aliphatic heterocycles. The summed E-state index contributed by atoms with van der Waals surface area (Å²) in [6.45, 7) is 2.90. The number of amides is 2. The van der Waals surface area contributed by atoms with E-state index in [1.165, 1.54) is 11.3 Å². The summed E-state index contributed by atoms with van der Waals surface area (Å²) in [5.74, 6) is 0.355. The molecule has 1 aliphatic rings. The fraction of sp³-hybridized carbons (Fsp3) is 0.217. The summed E-state index contributed by atoms with van der Waals surface area (Å²) in [6.07, 6.45) is 0.581. The van der Waals surface area contributed by atoms with Crippen molar-refractivity contribution in [3.05, 3.63) is 81.5 Å². The van der Waals surface area contributed by atoms with Gasteiger partial charge in [-0.1, -0.05) is 30.3 Å². The molecule has 3 aromatic rings. The first kappa shape index (κ1) is 19.2. The molecule has 1 atom stereocenters. The van der Waals surface area contributed by atoms with Gasteiger partial charge >= 0.3 is 0 Å². The Labute approximate surface area is 173 Å². The maximum Gasteiger partial charge on any atom is 0.265 e. The van der Waals surface area contributed by atoms with Crippen molar-refractivity contribution >= 4 is 28.8 Å². The third-order valence-electron chi connectivity index (χ3n) is 5.05. The van der Waals surface area contributed by atoms with Crippen LogP contribution >= 0.6 is 11.3 Å². The Kier molecular flexibility index (Phi) is 5.62. The number of aryl methyl sites for hydroxylation is 1. The van der Waals surface area contributed by atoms with Crippen LogP contribution in [-0.2, 0) is 17.8 Å². The van der Waals surface area contributed by atoms with Gasteiger partial charge < -0.3 is 15.4 Å². The summed E-state index contributed by atoms with van der Waals surface area (Å²) >= 11 is 1.40. The zero-order valence-electron chi connectivity index (χ0n) is 16.1. The largest absolute Gasteiger partial charge is 0.492 e. The van der Waals surface area contributed by atoms with Crippen LogP contribution in [0.15, 0.2) is 60.0 Å². The van der Waals surface area contributed by atoms with Crippen LogP contribution < -0.4 is 15.4 Å². The van der Waals surface area contributed by atoms with Crippen molar-refractivity contribution < 1.29 is 14.3 Å². The van der Waals surface area contributed by atoms with E-state index in [1.807, 2.05) is 60.8 Å². The van der Waals surface area contributed by atoms with Crippen LogP contribution in [0.2, 0.25) is 0 Å². The standard InChI is InChI=1S/C23H22N2O3S/c1-15-5-2-3-6-16(15)13-24-22(26)18-11-17-12-19(8-9-20(17)28-14-18)25-23(27)21-7-4-10-29-21/h2-10,12,18H,11,13-14H2,1H3,(H,24,26)(H,25,27)/t18-/m0/s1. The topological polar surface area (TPSA) is 67.4 Å². The van der Waals surface area contributed by atoms with E-state index in [-0.39, 0.29) is 17.7 Å². The molecule has 148 valence electrons. The normalized spacial score (nSPS) is 15.1. The van der Waals surface area contributed by atoms with Gasteiger partial charge in [0.25, 0.3) is 5.91 Å². The average Bonchev–Trinajstić information content (AvgIpc) is 3.27. The second kappa shape index (κ2) is 8.49. The molecule has 0 saturated carbocycles. The zero-order valence-corrected chi connectivity index (χ0v) is 16.9. The minimum absolute atomic E-state index is 0.0214. The van der Waals surface area contributed by atoms with Crippen LogP contribution in [-0.4, -0.2) is 18.4 Å². The van der Waals surface area contributed by atoms with Gasteiger partial charge in [-0.05, 0) is 59.7 Å². The molecule has 2 N–H and O–H groups in total. The number of benzene rings is 2. The van der Waals surface area contributed by atoms with E-state index in [1.54, 1.807) is 6.07 Å². The smallest absolute Gasteiger partial charge is 0.265 e. The molecule has 0 saturated heterocycles. The summed E-state index contributed by atoms with van der Waals surface area (Å²) in [5, 5.41) is 7.80. The van der Waals surface area contributed by atoms with Crippen LogP contribution in [0, 0.1) is 12.8 Å². The molecule has 2 amide bonds. The quantitative estimate of drug-likeness (QED) is 0.668. The van der Waals surface area contributed by atoms with Crippen LogP contribution in [0.3, 0.4) is 0 Å². The first-order valence-electron chi connectivity index (χ1n) is 9.53. The van der Waals surface area contributed by atoms with E-state index >= 15 is 0 Å². The fourth-order valence-corrected chi connectivity index (χ4v) is 4.00. The van der Waals surface area contributed by atoms with Crippen LogP contribution in [0.1, 0.15) is 26.4 Å². The molecule has 0 fully saturated rings. The van der Waals surface area contributed by atoms with E-state index < -0.39 is 0 Å². The maximum atomic E-state index is 12.7. The molecule has 2 heterocycles. The maximum absolute atomic E-state index is 12.7. The third kappa shape index (κ3) is 4.49. The molecule has 0 spiro atoms. The van der Waals surface area contributed by atoms with Gasteiger partial charge in [0, 0.05) is 12.2 Å². The van der Waals surface area contributed by atoms with Gasteiger partial charge in [-0.2, -0.15) is 0 Å². The van der Waals surface area contributed by atoms with Gasteiger partial charge in [0.1, 0.15) is 12.4 Å². The predicted molar refractivity (Wildman–Crippen MR) is 114 cm³/mol. The number of ether oxygens (including phenoxy) is 1. The molecule has 0 aliphatic carbocycles. The number of thiophene rings is 1. The van der Waals surface area contributed by atoms with E-state index in [2.05, 4.69) is 10.6 Å². The molecule has 2 aromatic carbocycles. The van der Waals surface area contributed by atoms with Crippen LogP contribution in [0.4, 0.5) is 5.69 Å². The Morgan fingerprint density at radius 1 is 1.14 bits per heavy atom. The second-order valence-corrected chi connectivity index (χ2v) is 8.06. The molecule has 6 heteroatoms. The van der Waals surface area contributed by atoms with E-state index in [0.29, 0.717) is 30.1 Å². The summed E-state index contributed by atoms with van der Waals surface area (Å²) in [5.41, 5.74) is 3.89. The van der Waals surface area contributed by atoms with Crippen molar-refractivity contribution in [1.82, 2.24) is 5.32 Å². The van der Waals surface area contributed by atoms with Crippen LogP contribution in [0.25, 0.3) is 0 Å². The highest BCUT2D eigenvalue weighted by Gasteiger charge is 2.26. The number of anilines is 1. The first-order chi connectivity index (χ1) is 14.1. The average molecular weight is 407 g/mol. The number of nitrogens with one attached hydrogen (secondary N) is 2. The molecule has 0 bridgehead atoms. The van der Waals surface area contributed by atoms with Gasteiger partial charge in [-0.3, -0.25) is 9.59 Å². The number of carbonyl (C=O) groups excluding carboxylic acids is 2. The van der Waals surface area contributed by atoms with Gasteiger partial charge in [0.15, 0.2) is 0 Å². The van der Waals surface area contributed by atoms with Gasteiger partial charge in [0.2, 0.25) is 5.91 Å². The van der Waals surface area contributed by atoms with Crippen molar-refractivity contribution in [3.63, 3.8) is 0 Å². The highest BCUT2D eigenvalue weighted by molar-refractivity contribution is 7.12. The number of hydrogen-bond acceptors (Lipinski definition) is 4. The van der Waals surface area contributed by atoms with E-state index in [4.69, 9.17) is 4.74 Å². The van der Waals surface area contributed by atoms with Crippen LogP contribution in [0.5, 0.6) is 5.75 Å². The Morgan fingerprint density at radius 3 is 2.79 bits per heavy atom. The van der Waals surface area contributed by atoms with E-state index in [0.717, 1.165) is 22.4 Å². The monoisotopic (exact) mass is 406 g/mol. The predicted octanol–water partition coefficient (Wildman–Crippen LogP) is 4.18. The van der Waals surface area contributed by atoms with Gasteiger partial charge in [-0.15, -0.1) is 11.3 Å². The first-order valence-corrected chi connectivity index (χ1v) is 10.4. The molecule has 4 rings (SSSR count). The Balaban J connectivity index is 1.40. The highest BCUT2D eigenvalue weighted by Crippen LogP contribution is 2.30. The van der Waals surface area contributed by atoms with Crippen molar-refractivity contribution in [2.45, 2.75) is 19.9 Å². The molecular weight excluding hydrogens is 384 g/mol. The molecule has 29 heavy (non-hydrogen) atoms. The lowest BCUT2D eigenvalue weighted by Crippen LogP contribution is -2.37. The molecule has 1 aromatic heterocycles. The lowest BCUT2D eigenvalue weighted by atomic mass is 9.95. The summed E-state index contributed by atoms with van der Waals surface area (Å²) in [7, 11) is 0. The van der Waals surface area contributed by atoms with Gasteiger partial charge in [0.05, 0.1) is 10.8 Å². The Bertz CT molecular complexity index is 1030. The highest BCUT2D eigenvalue weighted by atomic mass is 32.1. The van der Waals surface area contributed by atoms with E-state index in [9.17, 15) is 9.59 Å². The summed E-state index contributed by atoms with van der Waals surface area (Å²) in [6, 6.07) is 17.2. The molecule has 0 radical (unpaired) electrons. The fourth-order valence-electron chi connectivity index (χ4n) is 3.38. The Morgan fingerprint density at radius 2 is 2.00 bits per heavy atom. The molecular formula is C23H22N2O3S. The van der Waals surface area contributed by atoms with Crippen molar-refractivity contribution in [1.29, 1.82) is 0 Å². The molecule has 5 nitrogen and oxygen atoms in total. The van der Waals surface area contributed by atoms with Crippen molar-refractivity contribution in [3.8, 4) is 5.75 Å². The number of carbonyl (C=O) groups is 2. The Hall–Kier alpha value is -3.12. The van der Waals surface area contributed by atoms with Gasteiger partial charge in [-0.25, -0.2) is 0 Å². The summed E-state index contributed by atoms with van der Waals surface area (Å²) in [4.78, 5) is 25.6. The minimum Gasteiger partial charge on any atom is -0.492 e. The number of rotatable bonds is 5. The number of hydrogen-bond donors (Lipinski definition) is 2. The third-order valence-corrected chi connectivity index (χ3v) is 5.92. The zero-order chi connectivity index (χ0) is 20.2. The van der Waals surface area contributed by atoms with Crippen molar-refractivity contribution in [2.75, 3.05) is 11.9 Å². The summed E-state index contributed by atoms with van der Waals surface area (Å²) < 4.78 is 5.79. The number of fused-ring (bicyclic) bond motifs is 1. The molecule has 0 unspecified atom stereocenters. The minimum atomic E-state index is -0.255. The lowest BCUT2D eigenvalue weighted by Gasteiger charge is -2.25. The SMILES string of the molecule is Cc1ccccc1CNC(=O)[C@@H]1COc2ccc(NC(=O)c3cccs3)cc2C1. The lowest BCUT2D eigenvalue weighted by molar-refractivity contribution is -0.126. The second-order valence-electron chi connectivity index (χ2n) is 7.11.